The Balaban J connectivity index is 2.25. The van der Waals surface area contributed by atoms with Gasteiger partial charge in [-0.3, -0.25) is 9.89 Å². The molecule has 1 heterocycles. The molecule has 0 spiro atoms. The average molecular weight is 208 g/mol. The van der Waals surface area contributed by atoms with Gasteiger partial charge in [0.05, 0.1) is 6.04 Å². The highest BCUT2D eigenvalue weighted by Crippen LogP contribution is 2.34. The number of nitrogens with zero attached hydrogens (tertiary/aromatic N) is 1. The van der Waals surface area contributed by atoms with Crippen molar-refractivity contribution in [3.05, 3.63) is 22.1 Å². The van der Waals surface area contributed by atoms with Crippen LogP contribution in [0.25, 0.3) is 0 Å². The first-order valence-corrected chi connectivity index (χ1v) is 6.00. The quantitative estimate of drug-likeness (QED) is 0.814. The van der Waals surface area contributed by atoms with Gasteiger partial charge in [-0.25, -0.2) is 4.68 Å². The van der Waals surface area contributed by atoms with Crippen LogP contribution < -0.4 is 5.56 Å². The van der Waals surface area contributed by atoms with Crippen LogP contribution in [0.2, 0.25) is 0 Å². The number of nitrogens with one attached hydrogen (secondary N) is 1. The second-order valence-corrected chi connectivity index (χ2v) is 4.67. The van der Waals surface area contributed by atoms with Gasteiger partial charge in [0, 0.05) is 11.8 Å². The summed E-state index contributed by atoms with van der Waals surface area (Å²) in [5.74, 6) is 0.700. The maximum absolute atomic E-state index is 11.7. The molecular formula is C12H20N2O. The van der Waals surface area contributed by atoms with E-state index in [0.717, 1.165) is 12.1 Å². The van der Waals surface area contributed by atoms with Crippen LogP contribution in [0.4, 0.5) is 0 Å². The van der Waals surface area contributed by atoms with Crippen molar-refractivity contribution < 1.29 is 0 Å². The van der Waals surface area contributed by atoms with Crippen LogP contribution in [-0.4, -0.2) is 9.78 Å². The van der Waals surface area contributed by atoms with Crippen LogP contribution in [0.3, 0.4) is 0 Å². The molecule has 0 radical (unpaired) electrons. The molecule has 0 saturated heterocycles. The van der Waals surface area contributed by atoms with E-state index in [9.17, 15) is 4.79 Å². The van der Waals surface area contributed by atoms with Gasteiger partial charge in [0.25, 0.3) is 5.56 Å². The molecule has 1 atom stereocenters. The number of aromatic nitrogens is 2. The Morgan fingerprint density at radius 1 is 1.53 bits per heavy atom. The monoisotopic (exact) mass is 208 g/mol. The predicted molar refractivity (Wildman–Crippen MR) is 61.1 cm³/mol. The van der Waals surface area contributed by atoms with E-state index < -0.39 is 0 Å². The molecule has 3 heteroatoms. The third kappa shape index (κ3) is 2.01. The van der Waals surface area contributed by atoms with Crippen molar-refractivity contribution in [1.29, 1.82) is 0 Å². The van der Waals surface area contributed by atoms with Crippen molar-refractivity contribution in [2.24, 2.45) is 5.92 Å². The Bertz CT molecular complexity index is 371. The summed E-state index contributed by atoms with van der Waals surface area (Å²) >= 11 is 0. The third-order valence-corrected chi connectivity index (χ3v) is 3.57. The fraction of sp³-hybridized carbons (Fsp3) is 0.750. The van der Waals surface area contributed by atoms with Crippen LogP contribution in [-0.2, 0) is 0 Å². The van der Waals surface area contributed by atoms with E-state index in [1.165, 1.54) is 25.7 Å². The summed E-state index contributed by atoms with van der Waals surface area (Å²) in [6.45, 7) is 4.12. The lowest BCUT2D eigenvalue weighted by Gasteiger charge is -2.22. The molecule has 1 N–H and O–H groups in total. The van der Waals surface area contributed by atoms with Crippen LogP contribution in [0, 0.1) is 12.8 Å². The van der Waals surface area contributed by atoms with E-state index in [4.69, 9.17) is 0 Å². The Kier molecular flexibility index (Phi) is 2.98. The van der Waals surface area contributed by atoms with Crippen molar-refractivity contribution in [2.45, 2.75) is 52.0 Å². The Morgan fingerprint density at radius 2 is 2.20 bits per heavy atom. The van der Waals surface area contributed by atoms with E-state index in [1.54, 1.807) is 6.07 Å². The molecular weight excluding hydrogens is 188 g/mol. The van der Waals surface area contributed by atoms with Crippen LogP contribution in [0.5, 0.6) is 0 Å². The maximum Gasteiger partial charge on any atom is 0.266 e. The van der Waals surface area contributed by atoms with E-state index in [1.807, 2.05) is 11.6 Å². The zero-order valence-electron chi connectivity index (χ0n) is 9.62. The summed E-state index contributed by atoms with van der Waals surface area (Å²) < 4.78 is 1.84. The van der Waals surface area contributed by atoms with Crippen molar-refractivity contribution >= 4 is 0 Å². The SMILES string of the molecule is CCC(C1CCCC1)n1[nH]c(C)cc1=O. The van der Waals surface area contributed by atoms with E-state index in [0.29, 0.717) is 12.0 Å². The lowest BCUT2D eigenvalue weighted by Crippen LogP contribution is -2.26. The van der Waals surface area contributed by atoms with Gasteiger partial charge in [0.15, 0.2) is 0 Å². The molecule has 1 aromatic heterocycles. The molecule has 84 valence electrons. The van der Waals surface area contributed by atoms with E-state index in [-0.39, 0.29) is 5.56 Å². The van der Waals surface area contributed by atoms with Gasteiger partial charge in [0.1, 0.15) is 0 Å². The fourth-order valence-corrected chi connectivity index (χ4v) is 2.85. The topological polar surface area (TPSA) is 37.8 Å². The molecule has 1 aromatic rings. The minimum Gasteiger partial charge on any atom is -0.300 e. The third-order valence-electron chi connectivity index (χ3n) is 3.57. The molecule has 15 heavy (non-hydrogen) atoms. The second-order valence-electron chi connectivity index (χ2n) is 4.67. The highest BCUT2D eigenvalue weighted by Gasteiger charge is 2.26. The van der Waals surface area contributed by atoms with Gasteiger partial charge < -0.3 is 0 Å². The highest BCUT2D eigenvalue weighted by molar-refractivity contribution is 4.97. The summed E-state index contributed by atoms with van der Waals surface area (Å²) in [7, 11) is 0. The molecule has 1 aliphatic rings. The molecule has 1 fully saturated rings. The molecule has 0 aromatic carbocycles. The van der Waals surface area contributed by atoms with Crippen LogP contribution >= 0.6 is 0 Å². The number of hydrogen-bond acceptors (Lipinski definition) is 1. The van der Waals surface area contributed by atoms with Gasteiger partial charge in [-0.1, -0.05) is 19.8 Å². The number of aryl methyl sites for hydroxylation is 1. The molecule has 1 unspecified atom stereocenters. The number of aromatic amines is 1. The number of hydrogen-bond donors (Lipinski definition) is 1. The van der Waals surface area contributed by atoms with E-state index >= 15 is 0 Å². The van der Waals surface area contributed by atoms with Crippen molar-refractivity contribution in [3.63, 3.8) is 0 Å². The van der Waals surface area contributed by atoms with Crippen molar-refractivity contribution in [2.75, 3.05) is 0 Å². The summed E-state index contributed by atoms with van der Waals surface area (Å²) in [4.78, 5) is 11.7. The van der Waals surface area contributed by atoms with Crippen molar-refractivity contribution in [1.82, 2.24) is 9.78 Å². The summed E-state index contributed by atoms with van der Waals surface area (Å²) in [6, 6.07) is 2.08. The average Bonchev–Trinajstić information content (AvgIpc) is 2.79. The molecule has 1 saturated carbocycles. The summed E-state index contributed by atoms with van der Waals surface area (Å²) in [5.41, 5.74) is 1.10. The smallest absolute Gasteiger partial charge is 0.266 e. The Morgan fingerprint density at radius 3 is 2.67 bits per heavy atom. The molecule has 3 nitrogen and oxygen atoms in total. The first-order valence-electron chi connectivity index (χ1n) is 6.00. The summed E-state index contributed by atoms with van der Waals surface area (Å²) in [5, 5.41) is 3.18. The molecule has 2 rings (SSSR count). The number of rotatable bonds is 3. The molecule has 0 aliphatic heterocycles. The zero-order valence-corrected chi connectivity index (χ0v) is 9.62. The molecule has 0 amide bonds. The largest absolute Gasteiger partial charge is 0.300 e. The second kappa shape index (κ2) is 4.25. The van der Waals surface area contributed by atoms with Gasteiger partial charge in [0.2, 0.25) is 0 Å². The van der Waals surface area contributed by atoms with Crippen LogP contribution in [0.15, 0.2) is 10.9 Å². The predicted octanol–water partition coefficient (Wildman–Crippen LogP) is 2.63. The Labute approximate surface area is 90.5 Å². The summed E-state index contributed by atoms with van der Waals surface area (Å²) in [6.07, 6.45) is 6.27. The fourth-order valence-electron chi connectivity index (χ4n) is 2.85. The van der Waals surface area contributed by atoms with Crippen LogP contribution in [0.1, 0.15) is 50.8 Å². The van der Waals surface area contributed by atoms with Gasteiger partial charge in [-0.2, -0.15) is 0 Å². The van der Waals surface area contributed by atoms with Gasteiger partial charge in [-0.05, 0) is 32.1 Å². The number of H-pyrrole nitrogens is 1. The van der Waals surface area contributed by atoms with Crippen molar-refractivity contribution in [3.8, 4) is 0 Å². The van der Waals surface area contributed by atoms with Gasteiger partial charge >= 0.3 is 0 Å². The lowest BCUT2D eigenvalue weighted by molar-refractivity contribution is 0.295. The minimum atomic E-state index is 0.131. The van der Waals surface area contributed by atoms with Gasteiger partial charge in [-0.15, -0.1) is 0 Å². The lowest BCUT2D eigenvalue weighted by atomic mass is 9.96. The first-order chi connectivity index (χ1) is 7.22. The Hall–Kier alpha value is -0.990. The minimum absolute atomic E-state index is 0.131. The molecule has 0 bridgehead atoms. The zero-order chi connectivity index (χ0) is 10.8. The van der Waals surface area contributed by atoms with E-state index in [2.05, 4.69) is 12.0 Å². The highest BCUT2D eigenvalue weighted by atomic mass is 16.1. The molecule has 1 aliphatic carbocycles. The standard InChI is InChI=1S/C12H20N2O/c1-3-11(10-6-4-5-7-10)14-12(15)8-9(2)13-14/h8,10-11,13H,3-7H2,1-2H3. The normalized spacial score (nSPS) is 19.6. The first kappa shape index (κ1) is 10.5. The maximum atomic E-state index is 11.7.